The smallest absolute Gasteiger partial charge is 0.0486 e. The first-order valence-corrected chi connectivity index (χ1v) is 3.22. The van der Waals surface area contributed by atoms with Gasteiger partial charge in [0.05, 0.1) is 0 Å². The largest absolute Gasteiger partial charge is 0.396 e. The van der Waals surface area contributed by atoms with Gasteiger partial charge in [-0.1, -0.05) is 6.92 Å². The van der Waals surface area contributed by atoms with Crippen molar-refractivity contribution in [1.82, 2.24) is 5.32 Å². The molecule has 0 spiro atoms. The van der Waals surface area contributed by atoms with E-state index in [-0.39, 0.29) is 0 Å². The van der Waals surface area contributed by atoms with Crippen LogP contribution in [-0.2, 0) is 0 Å². The fourth-order valence-electron chi connectivity index (χ4n) is 1.12. The van der Waals surface area contributed by atoms with Crippen molar-refractivity contribution >= 4 is 0 Å². The maximum absolute atomic E-state index is 8.65. The van der Waals surface area contributed by atoms with Gasteiger partial charge in [0, 0.05) is 25.1 Å². The predicted octanol–water partition coefficient (Wildman–Crippen LogP) is -0.0233. The zero-order chi connectivity index (χ0) is 5.98. The van der Waals surface area contributed by atoms with Gasteiger partial charge in [-0.15, -0.1) is 0 Å². The molecule has 2 atom stereocenters. The molecular formula is C6H13NO. The van der Waals surface area contributed by atoms with Crippen LogP contribution in [0.1, 0.15) is 13.3 Å². The molecule has 2 unspecified atom stereocenters. The first kappa shape index (κ1) is 6.05. The molecule has 0 aliphatic carbocycles. The lowest BCUT2D eigenvalue weighted by Gasteiger charge is -2.36. The van der Waals surface area contributed by atoms with E-state index in [4.69, 9.17) is 5.11 Å². The highest BCUT2D eigenvalue weighted by Gasteiger charge is 2.26. The summed E-state index contributed by atoms with van der Waals surface area (Å²) in [5.74, 6) is 0.542. The number of nitrogens with one attached hydrogen (secondary N) is 1. The van der Waals surface area contributed by atoms with Crippen molar-refractivity contribution in [3.05, 3.63) is 0 Å². The molecule has 8 heavy (non-hydrogen) atoms. The highest BCUT2D eigenvalue weighted by molar-refractivity contribution is 4.85. The minimum atomic E-state index is 0.353. The van der Waals surface area contributed by atoms with Crippen molar-refractivity contribution in [2.45, 2.75) is 19.4 Å². The van der Waals surface area contributed by atoms with Gasteiger partial charge in [-0.2, -0.15) is 0 Å². The third-order valence-electron chi connectivity index (χ3n) is 1.89. The van der Waals surface area contributed by atoms with Crippen LogP contribution in [-0.4, -0.2) is 24.3 Å². The fraction of sp³-hybridized carbons (Fsp3) is 1.00. The van der Waals surface area contributed by atoms with Crippen molar-refractivity contribution in [3.63, 3.8) is 0 Å². The molecule has 0 saturated carbocycles. The molecule has 1 saturated heterocycles. The summed E-state index contributed by atoms with van der Waals surface area (Å²) in [5, 5.41) is 11.9. The fourth-order valence-corrected chi connectivity index (χ4v) is 1.12. The van der Waals surface area contributed by atoms with Crippen LogP contribution in [0.5, 0.6) is 0 Å². The van der Waals surface area contributed by atoms with Crippen LogP contribution in [0.4, 0.5) is 0 Å². The van der Waals surface area contributed by atoms with Gasteiger partial charge in [0.15, 0.2) is 0 Å². The van der Waals surface area contributed by atoms with Gasteiger partial charge in [0.2, 0.25) is 0 Å². The Hall–Kier alpha value is -0.0800. The molecule has 2 N–H and O–H groups in total. The van der Waals surface area contributed by atoms with E-state index in [0.717, 1.165) is 13.0 Å². The van der Waals surface area contributed by atoms with E-state index in [1.165, 1.54) is 0 Å². The normalized spacial score (nSPS) is 36.8. The minimum absolute atomic E-state index is 0.353. The summed E-state index contributed by atoms with van der Waals surface area (Å²) in [5.41, 5.74) is 0. The van der Waals surface area contributed by atoms with Crippen LogP contribution < -0.4 is 5.32 Å². The van der Waals surface area contributed by atoms with Crippen molar-refractivity contribution < 1.29 is 5.11 Å². The van der Waals surface area contributed by atoms with E-state index in [1.807, 2.05) is 0 Å². The molecule has 0 bridgehead atoms. The Bertz CT molecular complexity index is 60.9. The van der Waals surface area contributed by atoms with Crippen LogP contribution in [0.3, 0.4) is 0 Å². The van der Waals surface area contributed by atoms with E-state index in [2.05, 4.69) is 12.2 Å². The topological polar surface area (TPSA) is 32.3 Å². The molecule has 0 aromatic carbocycles. The van der Waals surface area contributed by atoms with Gasteiger partial charge in [-0.05, 0) is 6.42 Å². The second-order valence-corrected chi connectivity index (χ2v) is 2.37. The lowest BCUT2D eigenvalue weighted by Crippen LogP contribution is -2.53. The Morgan fingerprint density at radius 3 is 2.62 bits per heavy atom. The molecule has 0 radical (unpaired) electrons. The van der Waals surface area contributed by atoms with Gasteiger partial charge >= 0.3 is 0 Å². The number of aliphatic hydroxyl groups excluding tert-OH is 1. The maximum atomic E-state index is 8.65. The van der Waals surface area contributed by atoms with E-state index < -0.39 is 0 Å². The summed E-state index contributed by atoms with van der Waals surface area (Å²) in [4.78, 5) is 0. The minimum Gasteiger partial charge on any atom is -0.396 e. The summed E-state index contributed by atoms with van der Waals surface area (Å²) < 4.78 is 0. The van der Waals surface area contributed by atoms with E-state index >= 15 is 0 Å². The number of aliphatic hydroxyl groups is 1. The van der Waals surface area contributed by atoms with E-state index in [9.17, 15) is 0 Å². The van der Waals surface area contributed by atoms with Gasteiger partial charge in [-0.3, -0.25) is 0 Å². The Morgan fingerprint density at radius 2 is 2.50 bits per heavy atom. The SMILES string of the molecule is CCC1NCC1CO. The zero-order valence-electron chi connectivity index (χ0n) is 5.22. The predicted molar refractivity (Wildman–Crippen MR) is 32.7 cm³/mol. The molecular weight excluding hydrogens is 102 g/mol. The van der Waals surface area contributed by atoms with Gasteiger partial charge < -0.3 is 10.4 Å². The van der Waals surface area contributed by atoms with Gasteiger partial charge in [0.1, 0.15) is 0 Å². The highest BCUT2D eigenvalue weighted by Crippen LogP contribution is 2.14. The molecule has 0 amide bonds. The maximum Gasteiger partial charge on any atom is 0.0486 e. The molecule has 0 aromatic rings. The average molecular weight is 115 g/mol. The number of hydrogen-bond donors (Lipinski definition) is 2. The quantitative estimate of drug-likeness (QED) is 0.530. The van der Waals surface area contributed by atoms with Crippen LogP contribution in [0.2, 0.25) is 0 Å². The lowest BCUT2D eigenvalue weighted by atomic mass is 9.91. The molecule has 1 rings (SSSR count). The zero-order valence-corrected chi connectivity index (χ0v) is 5.22. The van der Waals surface area contributed by atoms with E-state index in [0.29, 0.717) is 18.6 Å². The summed E-state index contributed by atoms with van der Waals surface area (Å²) in [6.45, 7) is 3.50. The molecule has 48 valence electrons. The van der Waals surface area contributed by atoms with Crippen LogP contribution in [0.25, 0.3) is 0 Å². The third kappa shape index (κ3) is 0.858. The highest BCUT2D eigenvalue weighted by atomic mass is 16.3. The van der Waals surface area contributed by atoms with Crippen molar-refractivity contribution in [3.8, 4) is 0 Å². The summed E-state index contributed by atoms with van der Waals surface area (Å²) >= 11 is 0. The van der Waals surface area contributed by atoms with Crippen molar-refractivity contribution in [2.75, 3.05) is 13.2 Å². The van der Waals surface area contributed by atoms with Gasteiger partial charge in [0.25, 0.3) is 0 Å². The Morgan fingerprint density at radius 1 is 1.75 bits per heavy atom. The van der Waals surface area contributed by atoms with Crippen molar-refractivity contribution in [1.29, 1.82) is 0 Å². The van der Waals surface area contributed by atoms with Crippen LogP contribution in [0, 0.1) is 5.92 Å². The average Bonchev–Trinajstić information content (AvgIpc) is 1.66. The molecule has 1 fully saturated rings. The molecule has 1 aliphatic rings. The second-order valence-electron chi connectivity index (χ2n) is 2.37. The third-order valence-corrected chi connectivity index (χ3v) is 1.89. The number of hydrogen-bond acceptors (Lipinski definition) is 2. The second kappa shape index (κ2) is 2.46. The summed E-state index contributed by atoms with van der Waals surface area (Å²) in [7, 11) is 0. The summed E-state index contributed by atoms with van der Waals surface area (Å²) in [6.07, 6.45) is 1.14. The molecule has 0 aromatic heterocycles. The lowest BCUT2D eigenvalue weighted by molar-refractivity contribution is 0.125. The molecule has 1 aliphatic heterocycles. The summed E-state index contributed by atoms with van der Waals surface area (Å²) in [6, 6.07) is 0.597. The Kier molecular flexibility index (Phi) is 1.86. The monoisotopic (exact) mass is 115 g/mol. The number of rotatable bonds is 2. The Balaban J connectivity index is 2.16. The molecule has 2 heteroatoms. The first-order chi connectivity index (χ1) is 3.88. The van der Waals surface area contributed by atoms with Crippen LogP contribution in [0.15, 0.2) is 0 Å². The first-order valence-electron chi connectivity index (χ1n) is 3.22. The standard InChI is InChI=1S/C6H13NO/c1-2-6-5(4-8)3-7-6/h5-8H,2-4H2,1H3. The van der Waals surface area contributed by atoms with Crippen molar-refractivity contribution in [2.24, 2.45) is 5.92 Å². The van der Waals surface area contributed by atoms with Crippen LogP contribution >= 0.6 is 0 Å². The molecule has 2 nitrogen and oxygen atoms in total. The molecule has 1 heterocycles. The Labute approximate surface area is 49.9 Å². The van der Waals surface area contributed by atoms with Gasteiger partial charge in [-0.25, -0.2) is 0 Å². The van der Waals surface area contributed by atoms with E-state index in [1.54, 1.807) is 0 Å².